The van der Waals surface area contributed by atoms with Crippen LogP contribution in [0.3, 0.4) is 0 Å². The van der Waals surface area contributed by atoms with Gasteiger partial charge in [-0.1, -0.05) is 43.1 Å². The number of alkyl halides is 1. The van der Waals surface area contributed by atoms with Crippen LogP contribution in [0.25, 0.3) is 0 Å². The van der Waals surface area contributed by atoms with E-state index in [1.54, 1.807) is 4.80 Å². The second-order valence-electron chi connectivity index (χ2n) is 6.40. The molecule has 5 heteroatoms. The predicted molar refractivity (Wildman–Crippen MR) is 75.5 cm³/mol. The van der Waals surface area contributed by atoms with Gasteiger partial charge in [0.1, 0.15) is 0 Å². The molecular weight excluding hydrogens is 292 g/mol. The van der Waals surface area contributed by atoms with E-state index >= 15 is 0 Å². The van der Waals surface area contributed by atoms with Crippen LogP contribution in [0.5, 0.6) is 0 Å². The van der Waals surface area contributed by atoms with Crippen molar-refractivity contribution in [2.24, 2.45) is 24.3 Å². The van der Waals surface area contributed by atoms with Gasteiger partial charge in [-0.3, -0.25) is 0 Å². The molecule has 4 nitrogen and oxygen atoms in total. The monoisotopic (exact) mass is 314 g/mol. The molecule has 0 spiro atoms. The van der Waals surface area contributed by atoms with Crippen molar-refractivity contribution in [2.45, 2.75) is 51.3 Å². The van der Waals surface area contributed by atoms with E-state index in [1.807, 2.05) is 7.05 Å². The number of rotatable bonds is 3. The summed E-state index contributed by atoms with van der Waals surface area (Å²) in [6.45, 7) is 7.01. The number of hydrogen-bond acceptors (Lipinski definition) is 3. The zero-order valence-electron chi connectivity index (χ0n) is 11.7. The van der Waals surface area contributed by atoms with Crippen LogP contribution in [-0.2, 0) is 13.5 Å². The first kappa shape index (κ1) is 14.0. The standard InChI is InChI=1S/C13H23BrN4/c1-9-5-6-10(11(14)7-9)13(2,3)8-12-15-17-18(4)16-12/h9-11H,5-8H2,1-4H3. The zero-order chi connectivity index (χ0) is 13.3. The number of hydrogen-bond donors (Lipinski definition) is 0. The Morgan fingerprint density at radius 2 is 2.11 bits per heavy atom. The summed E-state index contributed by atoms with van der Waals surface area (Å²) in [7, 11) is 1.82. The fraction of sp³-hybridized carbons (Fsp3) is 0.923. The lowest BCUT2D eigenvalue weighted by atomic mass is 9.67. The molecule has 0 aromatic carbocycles. The van der Waals surface area contributed by atoms with Crippen LogP contribution in [-0.4, -0.2) is 25.0 Å². The van der Waals surface area contributed by atoms with Gasteiger partial charge >= 0.3 is 0 Å². The van der Waals surface area contributed by atoms with Gasteiger partial charge in [0.15, 0.2) is 5.82 Å². The first-order chi connectivity index (χ1) is 8.38. The number of tetrazole rings is 1. The zero-order valence-corrected chi connectivity index (χ0v) is 13.3. The van der Waals surface area contributed by atoms with Gasteiger partial charge in [0.05, 0.1) is 7.05 Å². The van der Waals surface area contributed by atoms with Crippen molar-refractivity contribution in [3.8, 4) is 0 Å². The second-order valence-corrected chi connectivity index (χ2v) is 7.58. The number of aromatic nitrogens is 4. The lowest BCUT2D eigenvalue weighted by Gasteiger charge is -2.41. The minimum atomic E-state index is 0.220. The number of aryl methyl sites for hydroxylation is 1. The topological polar surface area (TPSA) is 43.6 Å². The summed E-state index contributed by atoms with van der Waals surface area (Å²) >= 11 is 3.89. The molecule has 1 fully saturated rings. The Morgan fingerprint density at radius 1 is 1.39 bits per heavy atom. The van der Waals surface area contributed by atoms with Crippen LogP contribution < -0.4 is 0 Å². The molecule has 1 aliphatic carbocycles. The molecule has 102 valence electrons. The van der Waals surface area contributed by atoms with Crippen molar-refractivity contribution >= 4 is 15.9 Å². The van der Waals surface area contributed by atoms with Crippen LogP contribution in [0.2, 0.25) is 0 Å². The third-order valence-corrected chi connectivity index (χ3v) is 5.21. The quantitative estimate of drug-likeness (QED) is 0.806. The number of nitrogens with zero attached hydrogens (tertiary/aromatic N) is 4. The molecule has 3 unspecified atom stereocenters. The minimum absolute atomic E-state index is 0.220. The normalized spacial score (nSPS) is 29.5. The van der Waals surface area contributed by atoms with Gasteiger partial charge in [-0.25, -0.2) is 0 Å². The molecule has 2 rings (SSSR count). The lowest BCUT2D eigenvalue weighted by Crippen LogP contribution is -2.37. The SMILES string of the molecule is CC1CCC(C(C)(C)Cc2nnn(C)n2)C(Br)C1. The van der Waals surface area contributed by atoms with Crippen molar-refractivity contribution in [2.75, 3.05) is 0 Å². The number of halogens is 1. The minimum Gasteiger partial charge on any atom is -0.167 e. The van der Waals surface area contributed by atoms with Gasteiger partial charge in [0.2, 0.25) is 0 Å². The highest BCUT2D eigenvalue weighted by molar-refractivity contribution is 9.09. The van der Waals surface area contributed by atoms with Gasteiger partial charge in [-0.15, -0.1) is 10.2 Å². The average molecular weight is 315 g/mol. The van der Waals surface area contributed by atoms with E-state index in [4.69, 9.17) is 0 Å². The molecule has 0 aliphatic heterocycles. The first-order valence-electron chi connectivity index (χ1n) is 6.75. The van der Waals surface area contributed by atoms with Crippen LogP contribution in [0, 0.1) is 17.3 Å². The highest BCUT2D eigenvalue weighted by Gasteiger charge is 2.38. The predicted octanol–water partition coefficient (Wildman–Crippen LogP) is 2.98. The molecule has 3 atom stereocenters. The van der Waals surface area contributed by atoms with E-state index in [2.05, 4.69) is 52.1 Å². The molecule has 1 aromatic rings. The Kier molecular flexibility index (Phi) is 4.09. The largest absolute Gasteiger partial charge is 0.175 e. The smallest absolute Gasteiger partial charge is 0.167 e. The molecule has 0 bridgehead atoms. The van der Waals surface area contributed by atoms with E-state index in [0.717, 1.165) is 18.2 Å². The van der Waals surface area contributed by atoms with Gasteiger partial charge < -0.3 is 0 Å². The molecule has 0 N–H and O–H groups in total. The van der Waals surface area contributed by atoms with Gasteiger partial charge in [0, 0.05) is 11.2 Å². The molecule has 0 saturated heterocycles. The van der Waals surface area contributed by atoms with Crippen LogP contribution in [0.1, 0.15) is 45.9 Å². The first-order valence-corrected chi connectivity index (χ1v) is 7.67. The second kappa shape index (κ2) is 5.27. The summed E-state index contributed by atoms with van der Waals surface area (Å²) in [4.78, 5) is 2.16. The van der Waals surface area contributed by atoms with Crippen LogP contribution in [0.15, 0.2) is 0 Å². The Morgan fingerprint density at radius 3 is 2.67 bits per heavy atom. The third-order valence-electron chi connectivity index (χ3n) is 4.20. The summed E-state index contributed by atoms with van der Waals surface area (Å²) in [6.07, 6.45) is 4.82. The van der Waals surface area contributed by atoms with E-state index in [9.17, 15) is 0 Å². The fourth-order valence-electron chi connectivity index (χ4n) is 3.12. The Bertz CT molecular complexity index is 401. The fourth-order valence-corrected chi connectivity index (χ4v) is 4.74. The summed E-state index contributed by atoms with van der Waals surface area (Å²) < 4.78 is 0. The Hall–Kier alpha value is -0.450. The van der Waals surface area contributed by atoms with Crippen molar-refractivity contribution < 1.29 is 0 Å². The summed E-state index contributed by atoms with van der Waals surface area (Å²) in [5, 5.41) is 12.4. The van der Waals surface area contributed by atoms with Crippen LogP contribution in [0.4, 0.5) is 0 Å². The summed E-state index contributed by atoms with van der Waals surface area (Å²) in [6, 6.07) is 0. The Balaban J connectivity index is 2.05. The van der Waals surface area contributed by atoms with E-state index in [1.165, 1.54) is 19.3 Å². The van der Waals surface area contributed by atoms with Crippen molar-refractivity contribution in [3.63, 3.8) is 0 Å². The third kappa shape index (κ3) is 3.11. The van der Waals surface area contributed by atoms with Gasteiger partial charge in [-0.05, 0) is 35.3 Å². The molecular formula is C13H23BrN4. The highest BCUT2D eigenvalue weighted by atomic mass is 79.9. The average Bonchev–Trinajstić information content (AvgIpc) is 2.62. The molecule has 1 aliphatic rings. The molecule has 1 aromatic heterocycles. The van der Waals surface area contributed by atoms with Crippen molar-refractivity contribution in [1.29, 1.82) is 0 Å². The van der Waals surface area contributed by atoms with Crippen molar-refractivity contribution in [1.82, 2.24) is 20.2 Å². The van der Waals surface area contributed by atoms with Gasteiger partial charge in [0.25, 0.3) is 0 Å². The summed E-state index contributed by atoms with van der Waals surface area (Å²) in [5.74, 6) is 2.40. The molecule has 0 radical (unpaired) electrons. The summed E-state index contributed by atoms with van der Waals surface area (Å²) in [5.41, 5.74) is 0.220. The maximum Gasteiger partial charge on any atom is 0.175 e. The van der Waals surface area contributed by atoms with E-state index in [0.29, 0.717) is 10.7 Å². The van der Waals surface area contributed by atoms with E-state index < -0.39 is 0 Å². The molecule has 1 saturated carbocycles. The molecule has 0 amide bonds. The van der Waals surface area contributed by atoms with Gasteiger partial charge in [-0.2, -0.15) is 4.80 Å². The lowest BCUT2D eigenvalue weighted by molar-refractivity contribution is 0.144. The molecule has 1 heterocycles. The van der Waals surface area contributed by atoms with Crippen LogP contribution >= 0.6 is 15.9 Å². The molecule has 18 heavy (non-hydrogen) atoms. The maximum atomic E-state index is 4.31. The highest BCUT2D eigenvalue weighted by Crippen LogP contribution is 2.44. The van der Waals surface area contributed by atoms with Crippen molar-refractivity contribution in [3.05, 3.63) is 5.82 Å². The maximum absolute atomic E-state index is 4.31. The Labute approximate surface area is 118 Å². The van der Waals surface area contributed by atoms with E-state index in [-0.39, 0.29) is 5.41 Å².